The molecule has 0 radical (unpaired) electrons. The predicted molar refractivity (Wildman–Crippen MR) is 119 cm³/mol. The molecule has 12 heteroatoms. The Balaban J connectivity index is 1.86. The number of hydrogen-bond donors (Lipinski definition) is 1. The number of benzene rings is 1. The van der Waals surface area contributed by atoms with E-state index < -0.39 is 50.5 Å². The quantitative estimate of drug-likeness (QED) is 0.597. The molecule has 0 saturated heterocycles. The molecule has 1 N–H and O–H groups in total. The van der Waals surface area contributed by atoms with Crippen LogP contribution in [0.25, 0.3) is 0 Å². The summed E-state index contributed by atoms with van der Waals surface area (Å²) in [6, 6.07) is 7.35. The van der Waals surface area contributed by atoms with Crippen LogP contribution in [0.1, 0.15) is 44.8 Å². The van der Waals surface area contributed by atoms with E-state index in [0.717, 1.165) is 16.9 Å². The molecule has 2 amide bonds. The number of rotatable bonds is 8. The molecule has 0 saturated carbocycles. The molecular weight excluding hydrogens is 480 g/mol. The third kappa shape index (κ3) is 5.97. The lowest BCUT2D eigenvalue weighted by Crippen LogP contribution is -2.47. The number of halogens is 3. The van der Waals surface area contributed by atoms with Crippen molar-refractivity contribution in [2.24, 2.45) is 0 Å². The fourth-order valence-corrected chi connectivity index (χ4v) is 4.33. The molecular formula is C21H22ClF2N3O5S. The van der Waals surface area contributed by atoms with Crippen LogP contribution < -0.4 is 10.9 Å². The third-order valence-corrected chi connectivity index (χ3v) is 6.47. The van der Waals surface area contributed by atoms with Gasteiger partial charge in [0, 0.05) is 43.0 Å². The summed E-state index contributed by atoms with van der Waals surface area (Å²) < 4.78 is 51.2. The van der Waals surface area contributed by atoms with Crippen molar-refractivity contribution in [2.75, 3.05) is 25.1 Å². The first kappa shape index (κ1) is 24.8. The van der Waals surface area contributed by atoms with Crippen LogP contribution in [0.4, 0.5) is 8.78 Å². The van der Waals surface area contributed by atoms with Crippen LogP contribution in [-0.2, 0) is 22.9 Å². The summed E-state index contributed by atoms with van der Waals surface area (Å²) in [5.74, 6) is -1.79. The Morgan fingerprint density at radius 2 is 1.85 bits per heavy atom. The lowest BCUT2D eigenvalue weighted by Gasteiger charge is -2.31. The van der Waals surface area contributed by atoms with Crippen molar-refractivity contribution in [3.63, 3.8) is 0 Å². The van der Waals surface area contributed by atoms with E-state index >= 15 is 0 Å². The molecule has 2 aromatic rings. The monoisotopic (exact) mass is 501 g/mol. The van der Waals surface area contributed by atoms with Gasteiger partial charge < -0.3 is 14.8 Å². The first-order valence-electron chi connectivity index (χ1n) is 10.0. The zero-order chi connectivity index (χ0) is 24.3. The molecule has 1 aliphatic heterocycles. The maximum absolute atomic E-state index is 13.8. The Morgan fingerprint density at radius 1 is 1.18 bits per heavy atom. The third-order valence-electron chi connectivity index (χ3n) is 5.19. The van der Waals surface area contributed by atoms with Crippen molar-refractivity contribution in [3.8, 4) is 0 Å². The molecule has 0 unspecified atom stereocenters. The minimum Gasteiger partial charge on any atom is -0.348 e. The van der Waals surface area contributed by atoms with Gasteiger partial charge in [-0.25, -0.2) is 17.2 Å². The first-order valence-corrected chi connectivity index (χ1v) is 12.5. The molecule has 3 rings (SSSR count). The molecule has 0 atom stereocenters. The number of nitrogens with one attached hydrogen (secondary N) is 1. The first-order chi connectivity index (χ1) is 15.5. The van der Waals surface area contributed by atoms with E-state index in [4.69, 9.17) is 11.6 Å². The Hall–Kier alpha value is -2.79. The topological polar surface area (TPSA) is 106 Å². The van der Waals surface area contributed by atoms with Crippen LogP contribution >= 0.6 is 11.6 Å². The second-order valence-corrected chi connectivity index (χ2v) is 10.4. The lowest BCUT2D eigenvalue weighted by atomic mass is 10.1. The molecule has 33 heavy (non-hydrogen) atoms. The maximum Gasteiger partial charge on any atom is 0.271 e. The van der Waals surface area contributed by atoms with Gasteiger partial charge in [0.25, 0.3) is 23.8 Å². The van der Waals surface area contributed by atoms with Crippen LogP contribution in [0.3, 0.4) is 0 Å². The molecule has 0 spiro atoms. The Kier molecular flexibility index (Phi) is 7.53. The number of aromatic nitrogens is 1. The van der Waals surface area contributed by atoms with Crippen molar-refractivity contribution in [2.45, 2.75) is 25.9 Å². The molecule has 178 valence electrons. The molecule has 0 bridgehead atoms. The minimum atomic E-state index is -3.24. The summed E-state index contributed by atoms with van der Waals surface area (Å²) in [6.07, 6.45) is -1.90. The van der Waals surface area contributed by atoms with Crippen LogP contribution in [-0.4, -0.2) is 54.8 Å². The van der Waals surface area contributed by atoms with Gasteiger partial charge in [-0.2, -0.15) is 0 Å². The smallest absolute Gasteiger partial charge is 0.271 e. The van der Waals surface area contributed by atoms with E-state index in [1.807, 2.05) is 0 Å². The van der Waals surface area contributed by atoms with Gasteiger partial charge in [-0.1, -0.05) is 23.7 Å². The SMILES string of the molecule is CS(=O)(=O)CCCN1CCn2c(c(C(F)F)cc(C(=O)NCc3ccc(Cl)cc3)c2=O)C1=O. The molecule has 0 aliphatic carbocycles. The van der Waals surface area contributed by atoms with E-state index in [0.29, 0.717) is 10.6 Å². The Labute approximate surface area is 194 Å². The van der Waals surface area contributed by atoms with Crippen molar-refractivity contribution < 1.29 is 26.8 Å². The predicted octanol–water partition coefficient (Wildman–Crippen LogP) is 2.26. The molecule has 2 heterocycles. The second-order valence-electron chi connectivity index (χ2n) is 7.70. The van der Waals surface area contributed by atoms with Gasteiger partial charge in [0.05, 0.1) is 5.75 Å². The number of pyridine rings is 1. The number of carbonyl (C=O) groups excluding carboxylic acids is 2. The van der Waals surface area contributed by atoms with Crippen LogP contribution in [0.5, 0.6) is 0 Å². The molecule has 0 fully saturated rings. The number of nitrogens with zero attached hydrogens (tertiary/aromatic N) is 2. The van der Waals surface area contributed by atoms with Crippen LogP contribution in [0.2, 0.25) is 5.02 Å². The van der Waals surface area contributed by atoms with Gasteiger partial charge in [-0.05, 0) is 30.2 Å². The zero-order valence-corrected chi connectivity index (χ0v) is 19.3. The number of hydrogen-bond acceptors (Lipinski definition) is 5. The van der Waals surface area contributed by atoms with Gasteiger partial charge in [-0.3, -0.25) is 14.4 Å². The largest absolute Gasteiger partial charge is 0.348 e. The lowest BCUT2D eigenvalue weighted by molar-refractivity contribution is 0.0681. The fraction of sp³-hybridized carbons (Fsp3) is 0.381. The van der Waals surface area contributed by atoms with Gasteiger partial charge in [-0.15, -0.1) is 0 Å². The summed E-state index contributed by atoms with van der Waals surface area (Å²) in [5, 5.41) is 3.03. The van der Waals surface area contributed by atoms with Crippen molar-refractivity contribution in [1.82, 2.24) is 14.8 Å². The summed E-state index contributed by atoms with van der Waals surface area (Å²) >= 11 is 5.82. The van der Waals surface area contributed by atoms with Crippen LogP contribution in [0.15, 0.2) is 35.1 Å². The Morgan fingerprint density at radius 3 is 2.45 bits per heavy atom. The second kappa shape index (κ2) is 10.0. The normalized spacial score (nSPS) is 13.8. The number of amides is 2. The number of fused-ring (bicyclic) bond motifs is 1. The van der Waals surface area contributed by atoms with Gasteiger partial charge in [0.2, 0.25) is 0 Å². The summed E-state index contributed by atoms with van der Waals surface area (Å²) in [6.45, 7) is 0.0468. The molecule has 8 nitrogen and oxygen atoms in total. The van der Waals surface area contributed by atoms with E-state index in [9.17, 15) is 31.6 Å². The standard InChI is InChI=1S/C21H22ClF2N3O5S/c1-33(31,32)10-2-7-26-8-9-27-17(21(26)30)15(18(23)24)11-16(20(27)29)19(28)25-12-13-3-5-14(22)6-4-13/h3-6,11,18H,2,7-10,12H2,1H3,(H,25,28). The molecule has 1 aromatic carbocycles. The number of alkyl halides is 2. The Bertz CT molecular complexity index is 1230. The minimum absolute atomic E-state index is 0.0357. The van der Waals surface area contributed by atoms with E-state index in [1.54, 1.807) is 24.3 Å². The number of carbonyl (C=O) groups is 2. The highest BCUT2D eigenvalue weighted by Gasteiger charge is 2.33. The average molecular weight is 502 g/mol. The van der Waals surface area contributed by atoms with Crippen molar-refractivity contribution in [1.29, 1.82) is 0 Å². The van der Waals surface area contributed by atoms with Gasteiger partial charge >= 0.3 is 0 Å². The fourth-order valence-electron chi connectivity index (χ4n) is 3.55. The maximum atomic E-state index is 13.8. The van der Waals surface area contributed by atoms with Gasteiger partial charge in [0.1, 0.15) is 21.1 Å². The van der Waals surface area contributed by atoms with E-state index in [1.165, 1.54) is 4.90 Å². The summed E-state index contributed by atoms with van der Waals surface area (Å²) in [4.78, 5) is 39.6. The van der Waals surface area contributed by atoms with E-state index in [-0.39, 0.29) is 38.4 Å². The average Bonchev–Trinajstić information content (AvgIpc) is 2.74. The molecule has 1 aliphatic rings. The van der Waals surface area contributed by atoms with E-state index in [2.05, 4.69) is 5.32 Å². The van der Waals surface area contributed by atoms with Gasteiger partial charge in [0.15, 0.2) is 0 Å². The zero-order valence-electron chi connectivity index (χ0n) is 17.7. The highest BCUT2D eigenvalue weighted by molar-refractivity contribution is 7.90. The highest BCUT2D eigenvalue weighted by atomic mass is 35.5. The summed E-state index contributed by atoms with van der Waals surface area (Å²) in [5.41, 5.74) is -1.83. The highest BCUT2D eigenvalue weighted by Crippen LogP contribution is 2.26. The van der Waals surface area contributed by atoms with Crippen LogP contribution in [0, 0.1) is 0 Å². The summed E-state index contributed by atoms with van der Waals surface area (Å²) in [7, 11) is -3.24. The van der Waals surface area contributed by atoms with Crippen molar-refractivity contribution >= 4 is 33.3 Å². The van der Waals surface area contributed by atoms with Crippen molar-refractivity contribution in [3.05, 3.63) is 68.1 Å². The molecule has 1 aromatic heterocycles. The number of sulfone groups is 1.